The normalized spacial score (nSPS) is 14.3. The van der Waals surface area contributed by atoms with Crippen molar-refractivity contribution in [1.82, 2.24) is 9.97 Å². The molecule has 6 heteroatoms. The van der Waals surface area contributed by atoms with Gasteiger partial charge in [0.05, 0.1) is 0 Å². The number of nitrogens with one attached hydrogen (secondary N) is 1. The highest BCUT2D eigenvalue weighted by atomic mass is 15.3. The Balaban J connectivity index is 1.48. The van der Waals surface area contributed by atoms with Crippen molar-refractivity contribution in [2.45, 2.75) is 0 Å². The quantitative estimate of drug-likeness (QED) is 0.756. The van der Waals surface area contributed by atoms with Gasteiger partial charge in [-0.05, 0) is 24.3 Å². The molecule has 0 unspecified atom stereocenters. The molecular weight excluding hydrogens is 324 g/mol. The Morgan fingerprint density at radius 1 is 0.769 bits per heavy atom. The molecule has 0 amide bonds. The van der Waals surface area contributed by atoms with Gasteiger partial charge < -0.3 is 20.9 Å². The lowest BCUT2D eigenvalue weighted by Gasteiger charge is -2.37. The summed E-state index contributed by atoms with van der Waals surface area (Å²) in [7, 11) is 0. The van der Waals surface area contributed by atoms with Crippen LogP contribution in [-0.4, -0.2) is 36.1 Å². The molecule has 6 nitrogen and oxygen atoms in total. The number of nitrogens with zero attached hydrogens (tertiary/aromatic N) is 4. The minimum atomic E-state index is 0.588. The summed E-state index contributed by atoms with van der Waals surface area (Å²) in [6.45, 7) is 3.63. The first kappa shape index (κ1) is 16.2. The molecule has 132 valence electrons. The molecular formula is C20H22N6. The van der Waals surface area contributed by atoms with Crippen molar-refractivity contribution in [3.05, 3.63) is 67.0 Å². The zero-order valence-corrected chi connectivity index (χ0v) is 14.5. The first-order valence-electron chi connectivity index (χ1n) is 8.79. The zero-order valence-electron chi connectivity index (χ0n) is 14.5. The fourth-order valence-electron chi connectivity index (χ4n) is 3.21. The van der Waals surface area contributed by atoms with Crippen LogP contribution >= 0.6 is 0 Å². The minimum Gasteiger partial charge on any atom is -0.393 e. The molecule has 1 saturated heterocycles. The summed E-state index contributed by atoms with van der Waals surface area (Å²) >= 11 is 0. The maximum Gasteiger partial charge on any atom is 0.159 e. The number of aromatic nitrogens is 2. The Morgan fingerprint density at radius 3 is 2.08 bits per heavy atom. The molecule has 2 heterocycles. The number of nitrogen functional groups attached to an aromatic ring is 1. The molecule has 1 aromatic heterocycles. The van der Waals surface area contributed by atoms with Gasteiger partial charge in [0.15, 0.2) is 11.6 Å². The highest BCUT2D eigenvalue weighted by Crippen LogP contribution is 2.29. The van der Waals surface area contributed by atoms with Gasteiger partial charge in [-0.1, -0.05) is 36.4 Å². The van der Waals surface area contributed by atoms with E-state index in [0.29, 0.717) is 11.5 Å². The SMILES string of the molecule is Nc1c(Nc2ccccc2)ncnc1N1CCN(c2ccccc2)CC1. The number of para-hydroxylation sites is 2. The molecule has 0 spiro atoms. The zero-order chi connectivity index (χ0) is 17.8. The molecule has 0 atom stereocenters. The average molecular weight is 346 g/mol. The molecule has 1 aliphatic heterocycles. The molecule has 0 radical (unpaired) electrons. The molecule has 26 heavy (non-hydrogen) atoms. The molecule has 1 fully saturated rings. The molecule has 1 aliphatic rings. The fourth-order valence-corrected chi connectivity index (χ4v) is 3.21. The lowest BCUT2D eigenvalue weighted by molar-refractivity contribution is 0.647. The summed E-state index contributed by atoms with van der Waals surface area (Å²) in [4.78, 5) is 13.4. The van der Waals surface area contributed by atoms with E-state index in [2.05, 4.69) is 49.4 Å². The van der Waals surface area contributed by atoms with Crippen LogP contribution in [0.3, 0.4) is 0 Å². The number of hydrogen-bond acceptors (Lipinski definition) is 6. The summed E-state index contributed by atoms with van der Waals surface area (Å²) in [5.74, 6) is 1.44. The van der Waals surface area contributed by atoms with Crippen molar-refractivity contribution in [3.63, 3.8) is 0 Å². The van der Waals surface area contributed by atoms with E-state index in [0.717, 1.165) is 37.7 Å². The van der Waals surface area contributed by atoms with Crippen molar-refractivity contribution < 1.29 is 0 Å². The number of hydrogen-bond donors (Lipinski definition) is 2. The van der Waals surface area contributed by atoms with Crippen LogP contribution < -0.4 is 20.9 Å². The first-order chi connectivity index (χ1) is 12.8. The minimum absolute atomic E-state index is 0.588. The molecule has 3 aromatic rings. The molecule has 0 aliphatic carbocycles. The fraction of sp³-hybridized carbons (Fsp3) is 0.200. The largest absolute Gasteiger partial charge is 0.393 e. The number of nitrogens with two attached hydrogens (primary N) is 1. The van der Waals surface area contributed by atoms with Gasteiger partial charge in [0, 0.05) is 37.6 Å². The van der Waals surface area contributed by atoms with Crippen LogP contribution in [0.15, 0.2) is 67.0 Å². The van der Waals surface area contributed by atoms with E-state index in [4.69, 9.17) is 5.73 Å². The second kappa shape index (κ2) is 7.31. The van der Waals surface area contributed by atoms with E-state index in [1.54, 1.807) is 6.33 Å². The third kappa shape index (κ3) is 3.39. The Kier molecular flexibility index (Phi) is 4.55. The van der Waals surface area contributed by atoms with E-state index in [9.17, 15) is 0 Å². The highest BCUT2D eigenvalue weighted by molar-refractivity contribution is 5.78. The smallest absolute Gasteiger partial charge is 0.159 e. The van der Waals surface area contributed by atoms with E-state index < -0.39 is 0 Å². The van der Waals surface area contributed by atoms with Crippen molar-refractivity contribution in [3.8, 4) is 0 Å². The van der Waals surface area contributed by atoms with Gasteiger partial charge in [0.25, 0.3) is 0 Å². The average Bonchev–Trinajstić information content (AvgIpc) is 2.71. The Bertz CT molecular complexity index is 845. The number of benzene rings is 2. The van der Waals surface area contributed by atoms with Gasteiger partial charge in [0.2, 0.25) is 0 Å². The van der Waals surface area contributed by atoms with Crippen LogP contribution in [0, 0.1) is 0 Å². The number of anilines is 5. The van der Waals surface area contributed by atoms with Crippen LogP contribution in [-0.2, 0) is 0 Å². The van der Waals surface area contributed by atoms with Gasteiger partial charge in [0.1, 0.15) is 12.0 Å². The number of rotatable bonds is 4. The van der Waals surface area contributed by atoms with Gasteiger partial charge in [-0.15, -0.1) is 0 Å². The summed E-state index contributed by atoms with van der Waals surface area (Å²) in [5, 5.41) is 3.27. The maximum atomic E-state index is 6.37. The molecule has 2 aromatic carbocycles. The Labute approximate surface area is 153 Å². The Morgan fingerprint density at radius 2 is 1.38 bits per heavy atom. The predicted molar refractivity (Wildman–Crippen MR) is 107 cm³/mol. The maximum absolute atomic E-state index is 6.37. The van der Waals surface area contributed by atoms with E-state index >= 15 is 0 Å². The van der Waals surface area contributed by atoms with Gasteiger partial charge in [-0.2, -0.15) is 0 Å². The second-order valence-corrected chi connectivity index (χ2v) is 6.26. The first-order valence-corrected chi connectivity index (χ1v) is 8.79. The van der Waals surface area contributed by atoms with Crippen molar-refractivity contribution in [2.24, 2.45) is 0 Å². The van der Waals surface area contributed by atoms with Gasteiger partial charge >= 0.3 is 0 Å². The van der Waals surface area contributed by atoms with Crippen molar-refractivity contribution >= 4 is 28.7 Å². The van der Waals surface area contributed by atoms with Crippen molar-refractivity contribution in [2.75, 3.05) is 47.0 Å². The highest BCUT2D eigenvalue weighted by Gasteiger charge is 2.21. The molecule has 0 saturated carbocycles. The molecule has 4 rings (SSSR count). The summed E-state index contributed by atoms with van der Waals surface area (Å²) in [6, 6.07) is 20.4. The molecule has 3 N–H and O–H groups in total. The van der Waals surface area contributed by atoms with E-state index in [-0.39, 0.29) is 0 Å². The van der Waals surface area contributed by atoms with E-state index in [1.165, 1.54) is 5.69 Å². The van der Waals surface area contributed by atoms with Crippen LogP contribution in [0.2, 0.25) is 0 Å². The second-order valence-electron chi connectivity index (χ2n) is 6.26. The van der Waals surface area contributed by atoms with Crippen LogP contribution in [0.25, 0.3) is 0 Å². The van der Waals surface area contributed by atoms with Crippen LogP contribution in [0.5, 0.6) is 0 Å². The number of piperazine rings is 1. The van der Waals surface area contributed by atoms with Crippen LogP contribution in [0.1, 0.15) is 0 Å². The summed E-state index contributed by atoms with van der Waals surface area (Å²) in [6.07, 6.45) is 1.57. The lowest BCUT2D eigenvalue weighted by Crippen LogP contribution is -2.47. The third-order valence-electron chi connectivity index (χ3n) is 4.60. The van der Waals surface area contributed by atoms with E-state index in [1.807, 2.05) is 36.4 Å². The Hall–Kier alpha value is -3.28. The monoisotopic (exact) mass is 346 g/mol. The standard InChI is InChI=1S/C20H22N6/c21-18-19(24-16-7-3-1-4-8-16)22-15-23-20(18)26-13-11-25(12-14-26)17-9-5-2-6-10-17/h1-10,15H,11-14,21H2,(H,22,23,24). The topological polar surface area (TPSA) is 70.3 Å². The lowest BCUT2D eigenvalue weighted by atomic mass is 10.2. The third-order valence-corrected chi connectivity index (χ3v) is 4.60. The van der Waals surface area contributed by atoms with Gasteiger partial charge in [-0.25, -0.2) is 9.97 Å². The summed E-state index contributed by atoms with van der Waals surface area (Å²) < 4.78 is 0. The molecule has 0 bridgehead atoms. The van der Waals surface area contributed by atoms with Crippen molar-refractivity contribution in [1.29, 1.82) is 0 Å². The predicted octanol–water partition coefficient (Wildman–Crippen LogP) is 3.13. The van der Waals surface area contributed by atoms with Gasteiger partial charge in [-0.3, -0.25) is 0 Å². The van der Waals surface area contributed by atoms with Crippen LogP contribution in [0.4, 0.5) is 28.7 Å². The summed E-state index contributed by atoms with van der Waals surface area (Å²) in [5.41, 5.74) is 9.17.